The number of benzene rings is 2. The molecule has 5 rings (SSSR count). The SMILES string of the molecule is CCn1cc(C(C(=O)O)N(C(=O)OCC2c3ccccc3-c3ccccc32)C2CC2)cn1. The normalized spacial score (nSPS) is 15.7. The first-order chi connectivity index (χ1) is 15.6. The summed E-state index contributed by atoms with van der Waals surface area (Å²) < 4.78 is 7.45. The van der Waals surface area contributed by atoms with Gasteiger partial charge < -0.3 is 9.84 Å². The highest BCUT2D eigenvalue weighted by Gasteiger charge is 2.43. The van der Waals surface area contributed by atoms with Gasteiger partial charge in [-0.15, -0.1) is 0 Å². The van der Waals surface area contributed by atoms with Crippen molar-refractivity contribution in [2.45, 2.75) is 44.3 Å². The molecule has 0 aliphatic heterocycles. The Bertz CT molecular complexity index is 1120. The molecule has 1 heterocycles. The third kappa shape index (κ3) is 3.53. The molecule has 1 aromatic heterocycles. The van der Waals surface area contributed by atoms with Crippen LogP contribution in [-0.2, 0) is 16.1 Å². The van der Waals surface area contributed by atoms with Crippen molar-refractivity contribution in [3.63, 3.8) is 0 Å². The number of aryl methyl sites for hydroxylation is 1. The summed E-state index contributed by atoms with van der Waals surface area (Å²) in [5.41, 5.74) is 5.04. The molecule has 1 unspecified atom stereocenters. The maximum Gasteiger partial charge on any atom is 0.411 e. The van der Waals surface area contributed by atoms with Crippen molar-refractivity contribution in [1.82, 2.24) is 14.7 Å². The van der Waals surface area contributed by atoms with Crippen molar-refractivity contribution in [2.24, 2.45) is 0 Å². The molecule has 1 amide bonds. The largest absolute Gasteiger partial charge is 0.479 e. The highest BCUT2D eigenvalue weighted by molar-refractivity contribution is 5.82. The molecule has 1 atom stereocenters. The number of amides is 1. The number of aromatic nitrogens is 2. The number of carboxylic acids is 1. The smallest absolute Gasteiger partial charge is 0.411 e. The van der Waals surface area contributed by atoms with Gasteiger partial charge in [0.25, 0.3) is 0 Å². The molecule has 2 aliphatic carbocycles. The minimum Gasteiger partial charge on any atom is -0.479 e. The van der Waals surface area contributed by atoms with E-state index >= 15 is 0 Å². The molecule has 32 heavy (non-hydrogen) atoms. The Morgan fingerprint density at radius 2 is 1.75 bits per heavy atom. The Morgan fingerprint density at radius 3 is 2.28 bits per heavy atom. The number of aliphatic carboxylic acids is 1. The van der Waals surface area contributed by atoms with Crippen LogP contribution in [-0.4, -0.2) is 44.5 Å². The molecule has 7 heteroatoms. The van der Waals surface area contributed by atoms with Gasteiger partial charge in [0.2, 0.25) is 0 Å². The van der Waals surface area contributed by atoms with E-state index in [0.29, 0.717) is 12.1 Å². The molecule has 3 aromatic rings. The van der Waals surface area contributed by atoms with E-state index in [-0.39, 0.29) is 18.6 Å². The first kappa shape index (κ1) is 20.3. The number of nitrogens with zero attached hydrogens (tertiary/aromatic N) is 3. The monoisotopic (exact) mass is 431 g/mol. The predicted molar refractivity (Wildman–Crippen MR) is 118 cm³/mol. The Hall–Kier alpha value is -3.61. The van der Waals surface area contributed by atoms with Crippen molar-refractivity contribution >= 4 is 12.1 Å². The van der Waals surface area contributed by atoms with Crippen LogP contribution in [0.25, 0.3) is 11.1 Å². The summed E-state index contributed by atoms with van der Waals surface area (Å²) in [6.45, 7) is 2.72. The summed E-state index contributed by atoms with van der Waals surface area (Å²) >= 11 is 0. The summed E-state index contributed by atoms with van der Waals surface area (Å²) in [4.78, 5) is 26.8. The second-order valence-corrected chi connectivity index (χ2v) is 8.31. The fraction of sp³-hybridized carbons (Fsp3) is 0.320. The highest BCUT2D eigenvalue weighted by Crippen LogP contribution is 2.45. The number of hydrogen-bond donors (Lipinski definition) is 1. The standard InChI is InChI=1S/C25H25N3O4/c1-2-27-14-16(13-26-27)23(24(29)30)28(17-11-12-17)25(31)32-15-22-20-9-5-3-7-18(20)19-8-4-6-10-21(19)22/h3-10,13-14,17,22-23H,2,11-12,15H2,1H3,(H,29,30). The van der Waals surface area contributed by atoms with Gasteiger partial charge >= 0.3 is 12.1 Å². The fourth-order valence-corrected chi connectivity index (χ4v) is 4.60. The summed E-state index contributed by atoms with van der Waals surface area (Å²) in [6, 6.07) is 15.0. The van der Waals surface area contributed by atoms with Gasteiger partial charge in [-0.2, -0.15) is 5.10 Å². The quantitative estimate of drug-likeness (QED) is 0.598. The molecule has 0 saturated heterocycles. The maximum atomic E-state index is 13.2. The summed E-state index contributed by atoms with van der Waals surface area (Å²) in [5.74, 6) is -1.15. The van der Waals surface area contributed by atoms with Gasteiger partial charge in [-0.25, -0.2) is 9.59 Å². The average Bonchev–Trinajstić information content (AvgIpc) is 3.44. The van der Waals surface area contributed by atoms with E-state index in [1.807, 2.05) is 31.2 Å². The first-order valence-corrected chi connectivity index (χ1v) is 11.0. The van der Waals surface area contributed by atoms with Crippen molar-refractivity contribution in [1.29, 1.82) is 0 Å². The zero-order valence-corrected chi connectivity index (χ0v) is 17.8. The van der Waals surface area contributed by atoms with Crippen LogP contribution in [0.2, 0.25) is 0 Å². The molecular formula is C25H25N3O4. The molecule has 1 fully saturated rings. The van der Waals surface area contributed by atoms with Gasteiger partial charge in [-0.1, -0.05) is 48.5 Å². The van der Waals surface area contributed by atoms with E-state index < -0.39 is 18.1 Å². The average molecular weight is 431 g/mol. The van der Waals surface area contributed by atoms with E-state index in [0.717, 1.165) is 35.1 Å². The predicted octanol–water partition coefficient (Wildman–Crippen LogP) is 4.44. The maximum absolute atomic E-state index is 13.2. The zero-order chi connectivity index (χ0) is 22.2. The Kier molecular flexibility index (Phi) is 5.17. The van der Waals surface area contributed by atoms with Gasteiger partial charge in [0.1, 0.15) is 6.61 Å². The molecule has 0 bridgehead atoms. The van der Waals surface area contributed by atoms with Crippen molar-refractivity contribution in [2.75, 3.05) is 6.61 Å². The topological polar surface area (TPSA) is 84.7 Å². The summed E-state index contributed by atoms with van der Waals surface area (Å²) in [5, 5.41) is 14.2. The van der Waals surface area contributed by atoms with Crippen LogP contribution < -0.4 is 0 Å². The lowest BCUT2D eigenvalue weighted by Crippen LogP contribution is -2.41. The van der Waals surface area contributed by atoms with E-state index in [1.165, 1.54) is 11.1 Å². The molecule has 0 radical (unpaired) electrons. The van der Waals surface area contributed by atoms with E-state index in [4.69, 9.17) is 4.74 Å². The molecule has 164 valence electrons. The number of hydrogen-bond acceptors (Lipinski definition) is 4. The third-order valence-corrected chi connectivity index (χ3v) is 6.29. The van der Waals surface area contributed by atoms with Crippen LogP contribution in [0.5, 0.6) is 0 Å². The van der Waals surface area contributed by atoms with Crippen LogP contribution in [0.15, 0.2) is 60.9 Å². The minimum atomic E-state index is -1.11. The second-order valence-electron chi connectivity index (χ2n) is 8.31. The van der Waals surface area contributed by atoms with Gasteiger partial charge in [-0.3, -0.25) is 9.58 Å². The van der Waals surface area contributed by atoms with Crippen LogP contribution >= 0.6 is 0 Å². The van der Waals surface area contributed by atoms with Crippen molar-refractivity contribution < 1.29 is 19.4 Å². The molecule has 2 aliphatic rings. The van der Waals surface area contributed by atoms with Gasteiger partial charge in [-0.05, 0) is 42.0 Å². The lowest BCUT2D eigenvalue weighted by atomic mass is 9.98. The Balaban J connectivity index is 1.39. The van der Waals surface area contributed by atoms with Crippen LogP contribution in [0.1, 0.15) is 48.4 Å². The lowest BCUT2D eigenvalue weighted by Gasteiger charge is -2.28. The molecule has 0 spiro atoms. The second kappa shape index (κ2) is 8.15. The van der Waals surface area contributed by atoms with Crippen LogP contribution in [0.4, 0.5) is 4.79 Å². The Labute approximate surface area is 186 Å². The van der Waals surface area contributed by atoms with Crippen molar-refractivity contribution in [3.05, 3.63) is 77.6 Å². The fourth-order valence-electron chi connectivity index (χ4n) is 4.60. The minimum absolute atomic E-state index is 0.0708. The van der Waals surface area contributed by atoms with Crippen LogP contribution in [0, 0.1) is 0 Å². The molecule has 2 aromatic carbocycles. The van der Waals surface area contributed by atoms with Crippen LogP contribution in [0.3, 0.4) is 0 Å². The third-order valence-electron chi connectivity index (χ3n) is 6.29. The van der Waals surface area contributed by atoms with Gasteiger partial charge in [0.15, 0.2) is 6.04 Å². The van der Waals surface area contributed by atoms with E-state index in [9.17, 15) is 14.7 Å². The number of carbonyl (C=O) groups is 2. The van der Waals surface area contributed by atoms with E-state index in [2.05, 4.69) is 29.4 Å². The highest BCUT2D eigenvalue weighted by atomic mass is 16.6. The van der Waals surface area contributed by atoms with Gasteiger partial charge in [0, 0.05) is 30.3 Å². The van der Waals surface area contributed by atoms with Crippen molar-refractivity contribution in [3.8, 4) is 11.1 Å². The first-order valence-electron chi connectivity index (χ1n) is 11.0. The number of carbonyl (C=O) groups excluding carboxylic acids is 1. The van der Waals surface area contributed by atoms with E-state index in [1.54, 1.807) is 10.9 Å². The number of carboxylic acid groups (broad SMARTS) is 1. The Morgan fingerprint density at radius 1 is 1.12 bits per heavy atom. The number of fused-ring (bicyclic) bond motifs is 3. The zero-order valence-electron chi connectivity index (χ0n) is 17.8. The number of ether oxygens (including phenoxy) is 1. The summed E-state index contributed by atoms with van der Waals surface area (Å²) in [6.07, 6.45) is 4.16. The molecular weight excluding hydrogens is 406 g/mol. The summed E-state index contributed by atoms with van der Waals surface area (Å²) in [7, 11) is 0. The molecule has 7 nitrogen and oxygen atoms in total. The number of rotatable bonds is 7. The molecule has 1 saturated carbocycles. The molecule has 1 N–H and O–H groups in total. The van der Waals surface area contributed by atoms with Gasteiger partial charge in [0.05, 0.1) is 6.20 Å². The lowest BCUT2D eigenvalue weighted by molar-refractivity contribution is -0.143.